The van der Waals surface area contributed by atoms with E-state index in [9.17, 15) is 4.79 Å². The Morgan fingerprint density at radius 1 is 1.69 bits per heavy atom. The summed E-state index contributed by atoms with van der Waals surface area (Å²) in [5, 5.41) is 3.02. The van der Waals surface area contributed by atoms with E-state index < -0.39 is 0 Å². The molecule has 0 aliphatic heterocycles. The molecule has 1 heterocycles. The van der Waals surface area contributed by atoms with Crippen LogP contribution in [0.2, 0.25) is 0 Å². The molecule has 1 atom stereocenters. The predicted molar refractivity (Wildman–Crippen MR) is 65.3 cm³/mol. The lowest BCUT2D eigenvalue weighted by Gasteiger charge is -2.12. The lowest BCUT2D eigenvalue weighted by molar-refractivity contribution is 0.647. The molecule has 16 heavy (non-hydrogen) atoms. The Bertz CT molecular complexity index is 431. The highest BCUT2D eigenvalue weighted by atomic mass is 16.1. The number of anilines is 1. The molecule has 1 unspecified atom stereocenters. The van der Waals surface area contributed by atoms with Gasteiger partial charge in [0, 0.05) is 31.4 Å². The van der Waals surface area contributed by atoms with E-state index in [2.05, 4.69) is 16.2 Å². The highest BCUT2D eigenvalue weighted by Crippen LogP contribution is 1.99. The van der Waals surface area contributed by atoms with E-state index in [1.165, 1.54) is 0 Å². The van der Waals surface area contributed by atoms with Crippen molar-refractivity contribution in [3.63, 3.8) is 0 Å². The molecule has 0 saturated heterocycles. The fourth-order valence-corrected chi connectivity index (χ4v) is 1.42. The summed E-state index contributed by atoms with van der Waals surface area (Å²) in [4.78, 5) is 15.9. The Labute approximate surface area is 95.7 Å². The van der Waals surface area contributed by atoms with Crippen molar-refractivity contribution in [2.45, 2.75) is 39.3 Å². The van der Waals surface area contributed by atoms with Crippen LogP contribution >= 0.6 is 0 Å². The molecule has 1 rings (SSSR count). The summed E-state index contributed by atoms with van der Waals surface area (Å²) in [6.07, 6.45) is 10.0. The van der Waals surface area contributed by atoms with E-state index >= 15 is 0 Å². The van der Waals surface area contributed by atoms with Crippen molar-refractivity contribution in [2.75, 3.05) is 5.32 Å². The number of terminal acetylenes is 1. The summed E-state index contributed by atoms with van der Waals surface area (Å²) >= 11 is 0. The molecule has 1 aromatic heterocycles. The Morgan fingerprint density at radius 3 is 3.06 bits per heavy atom. The Balaban J connectivity index is 2.85. The summed E-state index contributed by atoms with van der Waals surface area (Å²) in [5.41, 5.74) is -0.0896. The van der Waals surface area contributed by atoms with Gasteiger partial charge in [0.1, 0.15) is 0 Å². The van der Waals surface area contributed by atoms with Crippen molar-refractivity contribution in [1.29, 1.82) is 0 Å². The number of aromatic nitrogens is 2. The van der Waals surface area contributed by atoms with Crippen molar-refractivity contribution in [3.8, 4) is 12.3 Å². The molecule has 1 aromatic rings. The highest BCUT2D eigenvalue weighted by Gasteiger charge is 2.06. The number of nitrogens with zero attached hydrogens (tertiary/aromatic N) is 2. The first kappa shape index (κ1) is 12.3. The molecular weight excluding hydrogens is 202 g/mol. The zero-order chi connectivity index (χ0) is 12.0. The van der Waals surface area contributed by atoms with Crippen LogP contribution in [0, 0.1) is 12.3 Å². The average molecular weight is 219 g/mol. The molecule has 86 valence electrons. The van der Waals surface area contributed by atoms with Gasteiger partial charge in [-0.05, 0) is 13.3 Å². The first-order valence-electron chi connectivity index (χ1n) is 5.44. The minimum Gasteiger partial charge on any atom is -0.362 e. The van der Waals surface area contributed by atoms with Gasteiger partial charge in [0.05, 0.1) is 0 Å². The molecule has 0 aliphatic rings. The average Bonchev–Trinajstić information content (AvgIpc) is 2.24. The molecule has 0 radical (unpaired) electrons. The van der Waals surface area contributed by atoms with Gasteiger partial charge in [-0.15, -0.1) is 12.3 Å². The van der Waals surface area contributed by atoms with Crippen LogP contribution < -0.4 is 10.9 Å². The Hall–Kier alpha value is -1.76. The van der Waals surface area contributed by atoms with E-state index in [0.717, 1.165) is 6.42 Å². The normalized spacial score (nSPS) is 11.8. The van der Waals surface area contributed by atoms with E-state index in [1.54, 1.807) is 17.0 Å². The maximum Gasteiger partial charge on any atom is 0.293 e. The van der Waals surface area contributed by atoms with Gasteiger partial charge in [-0.3, -0.25) is 4.79 Å². The smallest absolute Gasteiger partial charge is 0.293 e. The van der Waals surface area contributed by atoms with Crippen molar-refractivity contribution in [1.82, 2.24) is 9.55 Å². The maximum atomic E-state index is 11.9. The lowest BCUT2D eigenvalue weighted by atomic mass is 10.2. The predicted octanol–water partition coefficient (Wildman–Crippen LogP) is 1.48. The van der Waals surface area contributed by atoms with E-state index in [1.807, 2.05) is 13.8 Å². The molecular formula is C12H17N3O. The zero-order valence-corrected chi connectivity index (χ0v) is 9.73. The molecule has 0 aromatic carbocycles. The van der Waals surface area contributed by atoms with Crippen molar-refractivity contribution < 1.29 is 0 Å². The van der Waals surface area contributed by atoms with Gasteiger partial charge in [-0.1, -0.05) is 6.92 Å². The topological polar surface area (TPSA) is 46.9 Å². The van der Waals surface area contributed by atoms with E-state index in [-0.39, 0.29) is 11.6 Å². The second-order valence-electron chi connectivity index (χ2n) is 3.73. The molecule has 0 amide bonds. The van der Waals surface area contributed by atoms with Gasteiger partial charge < -0.3 is 9.88 Å². The minimum absolute atomic E-state index is 0.0580. The third-order valence-electron chi connectivity index (χ3n) is 2.19. The van der Waals surface area contributed by atoms with Crippen molar-refractivity contribution in [3.05, 3.63) is 22.7 Å². The molecule has 1 N–H and O–H groups in total. The molecule has 4 nitrogen and oxygen atoms in total. The largest absolute Gasteiger partial charge is 0.362 e. The number of hydrogen-bond acceptors (Lipinski definition) is 3. The third-order valence-corrected chi connectivity index (χ3v) is 2.19. The summed E-state index contributed by atoms with van der Waals surface area (Å²) < 4.78 is 1.65. The standard InChI is InChI=1S/C12H17N3O/c1-4-6-10(3)14-11-12(16)15(8-5-2)9-7-13-11/h1,7,9-10H,5-6,8H2,2-3H3,(H,13,14). The Morgan fingerprint density at radius 2 is 2.44 bits per heavy atom. The summed E-state index contributed by atoms with van der Waals surface area (Å²) in [7, 11) is 0. The van der Waals surface area contributed by atoms with E-state index in [0.29, 0.717) is 18.8 Å². The first-order valence-corrected chi connectivity index (χ1v) is 5.44. The van der Waals surface area contributed by atoms with Crippen LogP contribution in [0.5, 0.6) is 0 Å². The second kappa shape index (κ2) is 5.96. The van der Waals surface area contributed by atoms with Gasteiger partial charge in [0.2, 0.25) is 0 Å². The van der Waals surface area contributed by atoms with Gasteiger partial charge in [-0.25, -0.2) is 4.98 Å². The maximum absolute atomic E-state index is 11.9. The van der Waals surface area contributed by atoms with Crippen LogP contribution in [-0.2, 0) is 6.54 Å². The third kappa shape index (κ3) is 3.13. The van der Waals surface area contributed by atoms with Gasteiger partial charge in [0.15, 0.2) is 5.82 Å². The fourth-order valence-electron chi connectivity index (χ4n) is 1.42. The first-order chi connectivity index (χ1) is 7.69. The van der Waals surface area contributed by atoms with Crippen molar-refractivity contribution in [2.24, 2.45) is 0 Å². The van der Waals surface area contributed by atoms with Crippen LogP contribution in [0.1, 0.15) is 26.7 Å². The number of rotatable bonds is 5. The Kier molecular flexibility index (Phi) is 4.59. The summed E-state index contributed by atoms with van der Waals surface area (Å²) in [6.45, 7) is 4.67. The van der Waals surface area contributed by atoms with Crippen LogP contribution in [0.3, 0.4) is 0 Å². The van der Waals surface area contributed by atoms with Gasteiger partial charge in [-0.2, -0.15) is 0 Å². The molecule has 0 saturated carbocycles. The highest BCUT2D eigenvalue weighted by molar-refractivity contribution is 5.32. The van der Waals surface area contributed by atoms with Crippen LogP contribution in [0.15, 0.2) is 17.2 Å². The van der Waals surface area contributed by atoms with Crippen LogP contribution in [0.4, 0.5) is 5.82 Å². The van der Waals surface area contributed by atoms with Crippen LogP contribution in [0.25, 0.3) is 0 Å². The zero-order valence-electron chi connectivity index (χ0n) is 9.73. The van der Waals surface area contributed by atoms with Crippen molar-refractivity contribution >= 4 is 5.82 Å². The molecule has 0 fully saturated rings. The minimum atomic E-state index is -0.0896. The SMILES string of the molecule is C#CCC(C)Nc1nccn(CCC)c1=O. The lowest BCUT2D eigenvalue weighted by Crippen LogP contribution is -2.27. The summed E-state index contributed by atoms with van der Waals surface area (Å²) in [5.74, 6) is 2.92. The van der Waals surface area contributed by atoms with Gasteiger partial charge in [0.25, 0.3) is 5.56 Å². The molecule has 0 aliphatic carbocycles. The second-order valence-corrected chi connectivity index (χ2v) is 3.73. The van der Waals surface area contributed by atoms with E-state index in [4.69, 9.17) is 6.42 Å². The monoisotopic (exact) mass is 219 g/mol. The molecule has 0 spiro atoms. The molecule has 0 bridgehead atoms. The fraction of sp³-hybridized carbons (Fsp3) is 0.500. The summed E-state index contributed by atoms with van der Waals surface area (Å²) in [6, 6.07) is 0.0580. The van der Waals surface area contributed by atoms with Crippen LogP contribution in [-0.4, -0.2) is 15.6 Å². The molecule has 4 heteroatoms. The number of nitrogens with one attached hydrogen (secondary N) is 1. The number of hydrogen-bond donors (Lipinski definition) is 1. The van der Waals surface area contributed by atoms with Gasteiger partial charge >= 0.3 is 0 Å². The number of aryl methyl sites for hydroxylation is 1. The quantitative estimate of drug-likeness (QED) is 0.763.